The molecule has 1 spiro atoms. The first kappa shape index (κ1) is 28.8. The second-order valence-corrected chi connectivity index (χ2v) is 11.2. The standard InChI is InChI=1S/C24H23F4N5O6S/c1-13(24(26,27)28)32(10-14-3-5-15(25)6-4-14)19(34)11-33-20(35)23(31-22(33)37)12-40(38,39)18-9-16(7-8-17(18)23)30-21(36)29-2/h3-9,13H,10-12H2,1-2H3,(H,31,37)(H2,29,30,36)/t13-,23?/m0/s1. The smallest absolute Gasteiger partial charge is 0.341 e. The van der Waals surface area contributed by atoms with Crippen molar-refractivity contribution in [2.45, 2.75) is 36.1 Å². The molecule has 11 nitrogen and oxygen atoms in total. The third kappa shape index (κ3) is 5.17. The predicted octanol–water partition coefficient (Wildman–Crippen LogP) is 2.09. The van der Waals surface area contributed by atoms with E-state index in [1.807, 2.05) is 0 Å². The number of anilines is 1. The molecule has 0 aliphatic carbocycles. The Labute approximate surface area is 225 Å². The number of carbonyl (C=O) groups excluding carboxylic acids is 4. The summed E-state index contributed by atoms with van der Waals surface area (Å²) in [5.74, 6) is -3.92. The monoisotopic (exact) mass is 585 g/mol. The maximum atomic E-state index is 13.6. The fourth-order valence-electron chi connectivity index (χ4n) is 4.52. The maximum absolute atomic E-state index is 13.6. The Kier molecular flexibility index (Phi) is 7.25. The Balaban J connectivity index is 1.63. The topological polar surface area (TPSA) is 145 Å². The summed E-state index contributed by atoms with van der Waals surface area (Å²) in [5, 5.41) is 6.98. The van der Waals surface area contributed by atoms with Crippen molar-refractivity contribution in [3.63, 3.8) is 0 Å². The van der Waals surface area contributed by atoms with E-state index in [4.69, 9.17) is 0 Å². The molecule has 2 aromatic carbocycles. The number of sulfone groups is 1. The zero-order valence-corrected chi connectivity index (χ0v) is 21.8. The normalized spacial score (nSPS) is 20.2. The van der Waals surface area contributed by atoms with E-state index >= 15 is 0 Å². The van der Waals surface area contributed by atoms with Gasteiger partial charge in [-0.05, 0) is 36.8 Å². The van der Waals surface area contributed by atoms with Gasteiger partial charge in [0.1, 0.15) is 18.4 Å². The molecule has 2 aromatic rings. The highest BCUT2D eigenvalue weighted by Crippen LogP contribution is 2.43. The minimum absolute atomic E-state index is 0.0834. The molecule has 1 saturated heterocycles. The Morgan fingerprint density at radius 2 is 1.80 bits per heavy atom. The molecule has 40 heavy (non-hydrogen) atoms. The summed E-state index contributed by atoms with van der Waals surface area (Å²) in [6.45, 7) is -0.994. The number of nitrogens with one attached hydrogen (secondary N) is 3. The largest absolute Gasteiger partial charge is 0.408 e. The van der Waals surface area contributed by atoms with E-state index in [1.54, 1.807) is 0 Å². The van der Waals surface area contributed by atoms with Crippen LogP contribution < -0.4 is 16.0 Å². The van der Waals surface area contributed by atoms with Crippen molar-refractivity contribution in [2.24, 2.45) is 0 Å². The summed E-state index contributed by atoms with van der Waals surface area (Å²) in [6.07, 6.45) is -4.87. The van der Waals surface area contributed by atoms with Crippen LogP contribution in [0.1, 0.15) is 18.1 Å². The van der Waals surface area contributed by atoms with Gasteiger partial charge in [0.15, 0.2) is 15.4 Å². The molecule has 214 valence electrons. The molecule has 4 rings (SSSR count). The number of hydrogen-bond donors (Lipinski definition) is 3. The minimum atomic E-state index is -4.87. The molecule has 0 bridgehead atoms. The van der Waals surface area contributed by atoms with Crippen molar-refractivity contribution in [2.75, 3.05) is 24.7 Å². The number of fused-ring (bicyclic) bond motifs is 2. The third-order valence-electron chi connectivity index (χ3n) is 6.66. The van der Waals surface area contributed by atoms with Crippen LogP contribution in [-0.2, 0) is 31.5 Å². The Bertz CT molecular complexity index is 1500. The number of imide groups is 1. The van der Waals surface area contributed by atoms with Gasteiger partial charge in [0, 0.05) is 24.8 Å². The number of halogens is 4. The van der Waals surface area contributed by atoms with E-state index in [2.05, 4.69) is 16.0 Å². The molecule has 2 heterocycles. The highest BCUT2D eigenvalue weighted by molar-refractivity contribution is 7.92. The van der Waals surface area contributed by atoms with Crippen LogP contribution >= 0.6 is 0 Å². The quantitative estimate of drug-likeness (QED) is 0.350. The van der Waals surface area contributed by atoms with Crippen molar-refractivity contribution in [3.8, 4) is 0 Å². The molecule has 0 radical (unpaired) electrons. The summed E-state index contributed by atoms with van der Waals surface area (Å²) in [4.78, 5) is 51.5. The van der Waals surface area contributed by atoms with E-state index < -0.39 is 76.1 Å². The molecule has 2 aliphatic rings. The van der Waals surface area contributed by atoms with Gasteiger partial charge in [0.2, 0.25) is 5.91 Å². The van der Waals surface area contributed by atoms with Crippen LogP contribution in [0.25, 0.3) is 0 Å². The lowest BCUT2D eigenvalue weighted by molar-refractivity contribution is -0.187. The molecule has 2 atom stereocenters. The lowest BCUT2D eigenvalue weighted by Crippen LogP contribution is -2.51. The summed E-state index contributed by atoms with van der Waals surface area (Å²) < 4.78 is 80.0. The van der Waals surface area contributed by atoms with Crippen molar-refractivity contribution < 1.29 is 45.2 Å². The summed E-state index contributed by atoms with van der Waals surface area (Å²) in [7, 11) is -2.83. The van der Waals surface area contributed by atoms with E-state index in [-0.39, 0.29) is 21.7 Å². The van der Waals surface area contributed by atoms with Gasteiger partial charge in [-0.15, -0.1) is 0 Å². The SMILES string of the molecule is CNC(=O)Nc1ccc2c(c1)S(=O)(=O)CC21NC(=O)N(CC(=O)N(Cc2ccc(F)cc2)[C@@H](C)C(F)(F)F)C1=O. The molecule has 2 aliphatic heterocycles. The highest BCUT2D eigenvalue weighted by atomic mass is 32.2. The number of hydrogen-bond acceptors (Lipinski definition) is 6. The second kappa shape index (κ2) is 10.1. The number of amides is 6. The molecular formula is C24H23F4N5O6S. The van der Waals surface area contributed by atoms with Gasteiger partial charge in [-0.2, -0.15) is 13.2 Å². The molecule has 3 N–H and O–H groups in total. The Hall–Kier alpha value is -4.21. The minimum Gasteiger partial charge on any atom is -0.341 e. The summed E-state index contributed by atoms with van der Waals surface area (Å²) in [6, 6.07) is 3.88. The Morgan fingerprint density at radius 3 is 2.40 bits per heavy atom. The van der Waals surface area contributed by atoms with Crippen molar-refractivity contribution in [1.82, 2.24) is 20.4 Å². The Morgan fingerprint density at radius 1 is 1.15 bits per heavy atom. The third-order valence-corrected chi connectivity index (χ3v) is 8.49. The van der Waals surface area contributed by atoms with Crippen molar-refractivity contribution in [1.29, 1.82) is 0 Å². The highest BCUT2D eigenvalue weighted by Gasteiger charge is 2.60. The van der Waals surface area contributed by atoms with Gasteiger partial charge < -0.3 is 20.9 Å². The molecule has 1 unspecified atom stereocenters. The average Bonchev–Trinajstić information content (AvgIpc) is 3.25. The van der Waals surface area contributed by atoms with Crippen LogP contribution in [-0.4, -0.2) is 73.7 Å². The van der Waals surface area contributed by atoms with Crippen molar-refractivity contribution in [3.05, 3.63) is 59.4 Å². The van der Waals surface area contributed by atoms with Gasteiger partial charge in [-0.25, -0.2) is 22.4 Å². The van der Waals surface area contributed by atoms with Gasteiger partial charge in [0.25, 0.3) is 5.91 Å². The molecule has 16 heteroatoms. The first-order valence-electron chi connectivity index (χ1n) is 11.7. The van der Waals surface area contributed by atoms with E-state index in [1.165, 1.54) is 31.3 Å². The molecule has 0 aromatic heterocycles. The number of carbonyl (C=O) groups is 4. The van der Waals surface area contributed by atoms with Gasteiger partial charge >= 0.3 is 18.2 Å². The van der Waals surface area contributed by atoms with Gasteiger partial charge in [-0.3, -0.25) is 14.5 Å². The maximum Gasteiger partial charge on any atom is 0.408 e. The zero-order valence-electron chi connectivity index (χ0n) is 21.0. The van der Waals surface area contributed by atoms with Crippen LogP contribution in [0.5, 0.6) is 0 Å². The average molecular weight is 586 g/mol. The van der Waals surface area contributed by atoms with Crippen LogP contribution in [0.4, 0.5) is 32.8 Å². The van der Waals surface area contributed by atoms with Crippen molar-refractivity contribution >= 4 is 39.4 Å². The molecular weight excluding hydrogens is 562 g/mol. The molecule has 1 fully saturated rings. The van der Waals surface area contributed by atoms with Crippen LogP contribution in [0, 0.1) is 5.82 Å². The van der Waals surface area contributed by atoms with E-state index in [9.17, 15) is 45.2 Å². The van der Waals surface area contributed by atoms with Crippen LogP contribution in [0.2, 0.25) is 0 Å². The lowest BCUT2D eigenvalue weighted by Gasteiger charge is -2.32. The fraction of sp³-hybridized carbons (Fsp3) is 0.333. The van der Waals surface area contributed by atoms with Crippen LogP contribution in [0.3, 0.4) is 0 Å². The number of alkyl halides is 3. The van der Waals surface area contributed by atoms with Crippen LogP contribution in [0.15, 0.2) is 47.4 Å². The number of nitrogens with zero attached hydrogens (tertiary/aromatic N) is 2. The number of urea groups is 2. The fourth-order valence-corrected chi connectivity index (χ4v) is 6.49. The number of rotatable bonds is 6. The van der Waals surface area contributed by atoms with Gasteiger partial charge in [0.05, 0.1) is 10.6 Å². The first-order chi connectivity index (χ1) is 18.6. The van der Waals surface area contributed by atoms with Gasteiger partial charge in [-0.1, -0.05) is 18.2 Å². The summed E-state index contributed by atoms with van der Waals surface area (Å²) >= 11 is 0. The van der Waals surface area contributed by atoms with E-state index in [0.29, 0.717) is 9.80 Å². The second-order valence-electron chi connectivity index (χ2n) is 9.27. The predicted molar refractivity (Wildman–Crippen MR) is 131 cm³/mol. The zero-order chi connectivity index (χ0) is 29.6. The summed E-state index contributed by atoms with van der Waals surface area (Å²) in [5.41, 5.74) is -1.99. The number of benzene rings is 2. The molecule has 0 saturated carbocycles. The first-order valence-corrected chi connectivity index (χ1v) is 13.3. The van der Waals surface area contributed by atoms with E-state index in [0.717, 1.165) is 25.1 Å². The lowest BCUT2D eigenvalue weighted by atomic mass is 9.92. The molecule has 6 amide bonds.